The number of unbranched alkanes of at least 4 members (excludes halogenated alkanes) is 1. The normalized spacial score (nSPS) is 10.6. The minimum Gasteiger partial charge on any atom is -0.466 e. The lowest BCUT2D eigenvalue weighted by atomic mass is 10.2. The molecule has 0 bridgehead atoms. The van der Waals surface area contributed by atoms with E-state index in [-0.39, 0.29) is 6.61 Å². The summed E-state index contributed by atoms with van der Waals surface area (Å²) in [4.78, 5) is 0. The van der Waals surface area contributed by atoms with Gasteiger partial charge in [0.1, 0.15) is 11.5 Å². The zero-order valence-electron chi connectivity index (χ0n) is 8.25. The van der Waals surface area contributed by atoms with Gasteiger partial charge in [0.2, 0.25) is 0 Å². The van der Waals surface area contributed by atoms with Gasteiger partial charge in [-0.25, -0.2) is 0 Å². The van der Waals surface area contributed by atoms with Crippen LogP contribution in [0.1, 0.15) is 37.7 Å². The van der Waals surface area contributed by atoms with E-state index in [4.69, 9.17) is 9.52 Å². The minimum absolute atomic E-state index is 0.241. The minimum atomic E-state index is 0.241. The molecule has 0 amide bonds. The molecule has 0 radical (unpaired) electrons. The van der Waals surface area contributed by atoms with Gasteiger partial charge in [-0.1, -0.05) is 13.3 Å². The molecule has 2 heteroatoms. The second-order valence-corrected chi connectivity index (χ2v) is 3.30. The highest BCUT2D eigenvalue weighted by Gasteiger charge is 2.00. The van der Waals surface area contributed by atoms with Crippen molar-refractivity contribution in [2.75, 3.05) is 6.61 Å². The highest BCUT2D eigenvalue weighted by atomic mass is 16.3. The molecule has 0 aromatic carbocycles. The van der Waals surface area contributed by atoms with Crippen LogP contribution in [0.15, 0.2) is 16.5 Å². The van der Waals surface area contributed by atoms with Gasteiger partial charge < -0.3 is 9.52 Å². The van der Waals surface area contributed by atoms with Gasteiger partial charge in [-0.05, 0) is 25.0 Å². The molecular formula is C11H18O2. The lowest BCUT2D eigenvalue weighted by molar-refractivity contribution is 0.283. The Labute approximate surface area is 79.6 Å². The highest BCUT2D eigenvalue weighted by molar-refractivity contribution is 5.07. The van der Waals surface area contributed by atoms with Gasteiger partial charge in [0.05, 0.1) is 0 Å². The molecule has 0 saturated heterocycles. The van der Waals surface area contributed by atoms with Gasteiger partial charge in [-0.15, -0.1) is 0 Å². The Balaban J connectivity index is 2.34. The second kappa shape index (κ2) is 5.81. The first-order valence-corrected chi connectivity index (χ1v) is 5.05. The predicted molar refractivity (Wildman–Crippen MR) is 52.7 cm³/mol. The maximum atomic E-state index is 8.63. The van der Waals surface area contributed by atoms with Gasteiger partial charge in [0.15, 0.2) is 0 Å². The Hall–Kier alpha value is -0.760. The van der Waals surface area contributed by atoms with E-state index in [2.05, 4.69) is 6.92 Å². The Morgan fingerprint density at radius 1 is 1.15 bits per heavy atom. The first-order chi connectivity index (χ1) is 6.36. The summed E-state index contributed by atoms with van der Waals surface area (Å²) < 4.78 is 5.58. The number of aryl methyl sites for hydroxylation is 2. The van der Waals surface area contributed by atoms with Crippen molar-refractivity contribution in [2.24, 2.45) is 0 Å². The second-order valence-electron chi connectivity index (χ2n) is 3.30. The molecular weight excluding hydrogens is 164 g/mol. The number of hydrogen-bond acceptors (Lipinski definition) is 2. The summed E-state index contributed by atoms with van der Waals surface area (Å²) in [5, 5.41) is 8.63. The van der Waals surface area contributed by atoms with Crippen LogP contribution in [0.5, 0.6) is 0 Å². The van der Waals surface area contributed by atoms with E-state index in [9.17, 15) is 0 Å². The fraction of sp³-hybridized carbons (Fsp3) is 0.636. The summed E-state index contributed by atoms with van der Waals surface area (Å²) >= 11 is 0. The van der Waals surface area contributed by atoms with E-state index in [1.807, 2.05) is 12.1 Å². The van der Waals surface area contributed by atoms with Crippen molar-refractivity contribution in [1.82, 2.24) is 0 Å². The quantitative estimate of drug-likeness (QED) is 0.733. The lowest BCUT2D eigenvalue weighted by Crippen LogP contribution is -1.86. The molecule has 0 saturated carbocycles. The van der Waals surface area contributed by atoms with Crippen molar-refractivity contribution in [1.29, 1.82) is 0 Å². The summed E-state index contributed by atoms with van der Waals surface area (Å²) in [5.74, 6) is 2.08. The van der Waals surface area contributed by atoms with Crippen LogP contribution in [0, 0.1) is 0 Å². The summed E-state index contributed by atoms with van der Waals surface area (Å²) in [7, 11) is 0. The molecule has 0 aliphatic rings. The molecule has 1 N–H and O–H groups in total. The van der Waals surface area contributed by atoms with Crippen LogP contribution in [-0.2, 0) is 12.8 Å². The highest BCUT2D eigenvalue weighted by Crippen LogP contribution is 2.12. The molecule has 13 heavy (non-hydrogen) atoms. The van der Waals surface area contributed by atoms with E-state index < -0.39 is 0 Å². The standard InChI is InChI=1S/C11H18O2/c1-2-3-5-10-7-8-11(13-10)6-4-9-12/h7-8,12H,2-6,9H2,1H3. The van der Waals surface area contributed by atoms with Crippen molar-refractivity contribution < 1.29 is 9.52 Å². The Morgan fingerprint density at radius 3 is 2.31 bits per heavy atom. The molecule has 0 aliphatic heterocycles. The van der Waals surface area contributed by atoms with Crippen molar-refractivity contribution in [3.8, 4) is 0 Å². The molecule has 0 fully saturated rings. The van der Waals surface area contributed by atoms with Crippen LogP contribution < -0.4 is 0 Å². The zero-order chi connectivity index (χ0) is 9.52. The van der Waals surface area contributed by atoms with Gasteiger partial charge in [-0.2, -0.15) is 0 Å². The molecule has 2 nitrogen and oxygen atoms in total. The summed E-state index contributed by atoms with van der Waals surface area (Å²) in [6, 6.07) is 4.06. The number of aliphatic hydroxyl groups is 1. The average molecular weight is 182 g/mol. The molecule has 1 heterocycles. The molecule has 0 spiro atoms. The topological polar surface area (TPSA) is 33.4 Å². The van der Waals surface area contributed by atoms with Gasteiger partial charge >= 0.3 is 0 Å². The third-order valence-electron chi connectivity index (χ3n) is 2.08. The first kappa shape index (κ1) is 10.3. The predicted octanol–water partition coefficient (Wildman–Crippen LogP) is 2.55. The summed E-state index contributed by atoms with van der Waals surface area (Å²) in [6.45, 7) is 2.42. The van der Waals surface area contributed by atoms with Crippen LogP contribution in [0.2, 0.25) is 0 Å². The number of aliphatic hydroxyl groups excluding tert-OH is 1. The molecule has 1 rings (SSSR count). The Morgan fingerprint density at radius 2 is 1.77 bits per heavy atom. The van der Waals surface area contributed by atoms with Gasteiger partial charge in [0.25, 0.3) is 0 Å². The smallest absolute Gasteiger partial charge is 0.104 e. The molecule has 0 aliphatic carbocycles. The van der Waals surface area contributed by atoms with E-state index >= 15 is 0 Å². The average Bonchev–Trinajstić information content (AvgIpc) is 2.59. The molecule has 0 unspecified atom stereocenters. The molecule has 74 valence electrons. The third kappa shape index (κ3) is 3.64. The number of hydrogen-bond donors (Lipinski definition) is 1. The summed E-state index contributed by atoms with van der Waals surface area (Å²) in [5.41, 5.74) is 0. The fourth-order valence-corrected chi connectivity index (χ4v) is 1.30. The lowest BCUT2D eigenvalue weighted by Gasteiger charge is -1.95. The summed E-state index contributed by atoms with van der Waals surface area (Å²) in [6.07, 6.45) is 5.07. The van der Waals surface area contributed by atoms with Crippen LogP contribution in [0.3, 0.4) is 0 Å². The van der Waals surface area contributed by atoms with Crippen molar-refractivity contribution in [2.45, 2.75) is 39.0 Å². The van der Waals surface area contributed by atoms with E-state index in [0.29, 0.717) is 0 Å². The van der Waals surface area contributed by atoms with Crippen molar-refractivity contribution in [3.63, 3.8) is 0 Å². The molecule has 0 atom stereocenters. The van der Waals surface area contributed by atoms with Crippen molar-refractivity contribution in [3.05, 3.63) is 23.7 Å². The molecule has 1 aromatic heterocycles. The van der Waals surface area contributed by atoms with E-state index in [1.54, 1.807) is 0 Å². The van der Waals surface area contributed by atoms with Crippen LogP contribution in [-0.4, -0.2) is 11.7 Å². The fourth-order valence-electron chi connectivity index (χ4n) is 1.30. The first-order valence-electron chi connectivity index (χ1n) is 5.05. The number of furan rings is 1. The third-order valence-corrected chi connectivity index (χ3v) is 2.08. The molecule has 1 aromatic rings. The van der Waals surface area contributed by atoms with Crippen LogP contribution in [0.25, 0.3) is 0 Å². The monoisotopic (exact) mass is 182 g/mol. The van der Waals surface area contributed by atoms with Crippen molar-refractivity contribution >= 4 is 0 Å². The van der Waals surface area contributed by atoms with Gasteiger partial charge in [0, 0.05) is 19.4 Å². The number of rotatable bonds is 6. The maximum absolute atomic E-state index is 8.63. The van der Waals surface area contributed by atoms with E-state index in [0.717, 1.165) is 30.8 Å². The Kier molecular flexibility index (Phi) is 4.61. The van der Waals surface area contributed by atoms with Crippen LogP contribution >= 0.6 is 0 Å². The Bertz CT molecular complexity index is 205. The van der Waals surface area contributed by atoms with Gasteiger partial charge in [-0.3, -0.25) is 0 Å². The van der Waals surface area contributed by atoms with Crippen LogP contribution in [0.4, 0.5) is 0 Å². The maximum Gasteiger partial charge on any atom is 0.104 e. The van der Waals surface area contributed by atoms with E-state index in [1.165, 1.54) is 12.8 Å². The largest absolute Gasteiger partial charge is 0.466 e. The SMILES string of the molecule is CCCCc1ccc(CCCO)o1. The zero-order valence-corrected chi connectivity index (χ0v) is 8.25.